The number of rotatable bonds is 2. The molecule has 4 rings (SSSR count). The Morgan fingerprint density at radius 3 is 3.10 bits per heavy atom. The lowest BCUT2D eigenvalue weighted by Crippen LogP contribution is -2.40. The fourth-order valence-corrected chi connectivity index (χ4v) is 4.06. The lowest BCUT2D eigenvalue weighted by atomic mass is 9.94. The van der Waals surface area contributed by atoms with Gasteiger partial charge in [0.25, 0.3) is 0 Å². The van der Waals surface area contributed by atoms with Crippen LogP contribution in [-0.2, 0) is 0 Å². The van der Waals surface area contributed by atoms with Gasteiger partial charge in [-0.2, -0.15) is 16.3 Å². The molecule has 0 saturated carbocycles. The lowest BCUT2D eigenvalue weighted by molar-refractivity contribution is 0.340. The summed E-state index contributed by atoms with van der Waals surface area (Å²) in [5.74, 6) is 2.05. The summed E-state index contributed by atoms with van der Waals surface area (Å²) in [5.41, 5.74) is 7.95. The van der Waals surface area contributed by atoms with E-state index < -0.39 is 0 Å². The van der Waals surface area contributed by atoms with Crippen LogP contribution in [0.15, 0.2) is 22.9 Å². The minimum absolute atomic E-state index is 0.358. The standard InChI is InChI=1S/C15H19N5S/c16-15-18-12(11-3-5-21-9-11)6-14(19-15)20-7-10-2-1-4-17-13(10)8-20/h3,5-6,9-10,13,17H,1-2,4,7-8H2,(H2,16,18,19). The van der Waals surface area contributed by atoms with Crippen molar-refractivity contribution in [2.75, 3.05) is 30.3 Å². The Hall–Kier alpha value is -1.66. The fourth-order valence-electron chi connectivity index (χ4n) is 3.41. The van der Waals surface area contributed by atoms with E-state index in [2.05, 4.69) is 43.1 Å². The molecule has 0 spiro atoms. The molecule has 0 aromatic carbocycles. The van der Waals surface area contributed by atoms with Gasteiger partial charge in [-0.1, -0.05) is 0 Å². The molecule has 2 fully saturated rings. The molecule has 0 radical (unpaired) electrons. The van der Waals surface area contributed by atoms with Crippen molar-refractivity contribution in [3.63, 3.8) is 0 Å². The van der Waals surface area contributed by atoms with Gasteiger partial charge in [-0.05, 0) is 36.8 Å². The second kappa shape index (κ2) is 5.27. The van der Waals surface area contributed by atoms with Crippen LogP contribution in [0.5, 0.6) is 0 Å². The minimum atomic E-state index is 0.358. The predicted octanol–water partition coefficient (Wildman–Crippen LogP) is 1.98. The third kappa shape index (κ3) is 2.49. The van der Waals surface area contributed by atoms with Crippen LogP contribution < -0.4 is 16.0 Å². The minimum Gasteiger partial charge on any atom is -0.368 e. The predicted molar refractivity (Wildman–Crippen MR) is 86.5 cm³/mol. The second-order valence-electron chi connectivity index (χ2n) is 5.85. The first-order valence-electron chi connectivity index (χ1n) is 7.45. The number of nitrogens with two attached hydrogens (primary N) is 1. The van der Waals surface area contributed by atoms with E-state index in [0.717, 1.165) is 42.6 Å². The zero-order valence-electron chi connectivity index (χ0n) is 11.8. The number of nitrogens with one attached hydrogen (secondary N) is 1. The van der Waals surface area contributed by atoms with Crippen molar-refractivity contribution < 1.29 is 0 Å². The molecule has 5 nitrogen and oxygen atoms in total. The smallest absolute Gasteiger partial charge is 0.222 e. The Morgan fingerprint density at radius 2 is 2.29 bits per heavy atom. The SMILES string of the molecule is Nc1nc(-c2ccsc2)cc(N2CC3CCCNC3C2)n1. The number of piperidine rings is 1. The highest BCUT2D eigenvalue weighted by Gasteiger charge is 2.35. The average Bonchev–Trinajstić information content (AvgIpc) is 3.16. The molecule has 2 aromatic rings. The van der Waals surface area contributed by atoms with E-state index in [-0.39, 0.29) is 0 Å². The van der Waals surface area contributed by atoms with Crippen molar-refractivity contribution in [2.45, 2.75) is 18.9 Å². The molecular weight excluding hydrogens is 282 g/mol. The van der Waals surface area contributed by atoms with Gasteiger partial charge in [-0.15, -0.1) is 0 Å². The fraction of sp³-hybridized carbons (Fsp3) is 0.467. The van der Waals surface area contributed by atoms with Gasteiger partial charge in [0.05, 0.1) is 5.69 Å². The van der Waals surface area contributed by atoms with Crippen LogP contribution >= 0.6 is 11.3 Å². The maximum absolute atomic E-state index is 5.92. The molecule has 2 unspecified atom stereocenters. The number of nitrogens with zero attached hydrogens (tertiary/aromatic N) is 3. The van der Waals surface area contributed by atoms with E-state index in [1.807, 2.05) is 0 Å². The van der Waals surface area contributed by atoms with Gasteiger partial charge >= 0.3 is 0 Å². The van der Waals surface area contributed by atoms with Crippen LogP contribution in [0, 0.1) is 5.92 Å². The summed E-state index contributed by atoms with van der Waals surface area (Å²) < 4.78 is 0. The Balaban J connectivity index is 1.63. The van der Waals surface area contributed by atoms with Crippen molar-refractivity contribution in [3.8, 4) is 11.3 Å². The molecule has 0 aliphatic carbocycles. The molecule has 21 heavy (non-hydrogen) atoms. The second-order valence-corrected chi connectivity index (χ2v) is 6.63. The highest BCUT2D eigenvalue weighted by molar-refractivity contribution is 7.08. The van der Waals surface area contributed by atoms with Gasteiger partial charge in [0.15, 0.2) is 0 Å². The molecule has 2 saturated heterocycles. The normalized spacial score (nSPS) is 25.0. The monoisotopic (exact) mass is 301 g/mol. The van der Waals surface area contributed by atoms with Gasteiger partial charge in [-0.3, -0.25) is 0 Å². The largest absolute Gasteiger partial charge is 0.368 e. The van der Waals surface area contributed by atoms with Crippen molar-refractivity contribution in [3.05, 3.63) is 22.9 Å². The molecule has 110 valence electrons. The van der Waals surface area contributed by atoms with E-state index in [1.165, 1.54) is 12.8 Å². The molecule has 0 amide bonds. The summed E-state index contributed by atoms with van der Waals surface area (Å²) in [7, 11) is 0. The van der Waals surface area contributed by atoms with Crippen LogP contribution in [-0.4, -0.2) is 35.6 Å². The maximum atomic E-state index is 5.92. The molecule has 4 heterocycles. The zero-order valence-corrected chi connectivity index (χ0v) is 12.6. The Morgan fingerprint density at radius 1 is 1.33 bits per heavy atom. The Bertz CT molecular complexity index is 613. The summed E-state index contributed by atoms with van der Waals surface area (Å²) in [4.78, 5) is 11.2. The van der Waals surface area contributed by atoms with Gasteiger partial charge in [0.1, 0.15) is 5.82 Å². The number of aromatic nitrogens is 2. The van der Waals surface area contributed by atoms with Crippen LogP contribution in [0.25, 0.3) is 11.3 Å². The van der Waals surface area contributed by atoms with E-state index in [4.69, 9.17) is 5.73 Å². The van der Waals surface area contributed by atoms with Gasteiger partial charge in [0.2, 0.25) is 5.95 Å². The van der Waals surface area contributed by atoms with E-state index >= 15 is 0 Å². The lowest BCUT2D eigenvalue weighted by Gasteiger charge is -2.24. The number of hydrogen-bond acceptors (Lipinski definition) is 6. The van der Waals surface area contributed by atoms with Crippen molar-refractivity contribution in [2.24, 2.45) is 5.92 Å². The Kier molecular flexibility index (Phi) is 3.27. The first kappa shape index (κ1) is 13.0. The quantitative estimate of drug-likeness (QED) is 0.888. The van der Waals surface area contributed by atoms with Gasteiger partial charge < -0.3 is 16.0 Å². The van der Waals surface area contributed by atoms with Crippen molar-refractivity contribution in [1.29, 1.82) is 0 Å². The summed E-state index contributed by atoms with van der Waals surface area (Å²) in [6.07, 6.45) is 2.59. The zero-order chi connectivity index (χ0) is 14.2. The van der Waals surface area contributed by atoms with Crippen LogP contribution in [0.2, 0.25) is 0 Å². The van der Waals surface area contributed by atoms with E-state index in [9.17, 15) is 0 Å². The molecule has 3 N–H and O–H groups in total. The van der Waals surface area contributed by atoms with E-state index in [1.54, 1.807) is 11.3 Å². The molecule has 2 atom stereocenters. The highest BCUT2D eigenvalue weighted by atomic mass is 32.1. The van der Waals surface area contributed by atoms with Crippen molar-refractivity contribution in [1.82, 2.24) is 15.3 Å². The van der Waals surface area contributed by atoms with Crippen molar-refractivity contribution >= 4 is 23.1 Å². The number of fused-ring (bicyclic) bond motifs is 1. The molecule has 2 aliphatic rings. The topological polar surface area (TPSA) is 67.1 Å². The summed E-state index contributed by atoms with van der Waals surface area (Å²) in [5, 5.41) is 7.77. The summed E-state index contributed by atoms with van der Waals surface area (Å²) >= 11 is 1.67. The molecule has 6 heteroatoms. The van der Waals surface area contributed by atoms with Crippen LogP contribution in [0.3, 0.4) is 0 Å². The maximum Gasteiger partial charge on any atom is 0.222 e. The first-order chi connectivity index (χ1) is 10.3. The number of thiophene rings is 1. The molecule has 0 bridgehead atoms. The average molecular weight is 301 g/mol. The Labute approximate surface area is 128 Å². The number of anilines is 2. The summed E-state index contributed by atoms with van der Waals surface area (Å²) in [6.45, 7) is 3.22. The highest BCUT2D eigenvalue weighted by Crippen LogP contribution is 2.30. The number of nitrogen functional groups attached to an aromatic ring is 1. The van der Waals surface area contributed by atoms with Gasteiger partial charge in [0, 0.05) is 36.1 Å². The first-order valence-corrected chi connectivity index (χ1v) is 8.39. The summed E-state index contributed by atoms with van der Waals surface area (Å²) in [6, 6.07) is 4.73. The van der Waals surface area contributed by atoms with E-state index in [0.29, 0.717) is 12.0 Å². The van der Waals surface area contributed by atoms with Gasteiger partial charge in [-0.25, -0.2) is 4.98 Å². The number of hydrogen-bond donors (Lipinski definition) is 2. The molecule has 2 aliphatic heterocycles. The third-order valence-electron chi connectivity index (χ3n) is 4.47. The van der Waals surface area contributed by atoms with Crippen LogP contribution in [0.4, 0.5) is 11.8 Å². The molecular formula is C15H19N5S. The molecule has 2 aromatic heterocycles. The van der Waals surface area contributed by atoms with Crippen LogP contribution in [0.1, 0.15) is 12.8 Å². The third-order valence-corrected chi connectivity index (χ3v) is 5.15.